The highest BCUT2D eigenvalue weighted by Gasteiger charge is 1.90. The number of rotatable bonds is 4. The van der Waals surface area contributed by atoms with Gasteiger partial charge in [-0.1, -0.05) is 12.2 Å². The quantitative estimate of drug-likeness (QED) is 0.274. The first-order chi connectivity index (χ1) is 5.70. The molecule has 66 valence electrons. The van der Waals surface area contributed by atoms with Crippen molar-refractivity contribution in [3.05, 3.63) is 23.8 Å². The van der Waals surface area contributed by atoms with Gasteiger partial charge < -0.3 is 4.74 Å². The predicted octanol–water partition coefficient (Wildman–Crippen LogP) is 1.25. The van der Waals surface area contributed by atoms with Crippen LogP contribution in [0.2, 0.25) is 0 Å². The van der Waals surface area contributed by atoms with Gasteiger partial charge >= 0.3 is 5.97 Å². The van der Waals surface area contributed by atoms with Gasteiger partial charge in [0.05, 0.1) is 6.61 Å². The second-order valence-corrected chi connectivity index (χ2v) is 2.14. The number of carbonyl (C=O) groups excluding carboxylic acids is 2. The summed E-state index contributed by atoms with van der Waals surface area (Å²) in [5, 5.41) is 0. The summed E-state index contributed by atoms with van der Waals surface area (Å²) in [4.78, 5) is 20.8. The lowest BCUT2D eigenvalue weighted by molar-refractivity contribution is -0.137. The summed E-state index contributed by atoms with van der Waals surface area (Å²) in [5.41, 5.74) is 0.565. The number of aldehydes is 1. The van der Waals surface area contributed by atoms with Gasteiger partial charge in [-0.2, -0.15) is 0 Å². The van der Waals surface area contributed by atoms with E-state index in [1.165, 1.54) is 12.2 Å². The SMILES string of the molecule is CCOC(=O)/C=C/C=C(/C)C=O. The molecule has 0 unspecified atom stereocenters. The second kappa shape index (κ2) is 6.34. The molecule has 0 aliphatic heterocycles. The molecule has 0 aliphatic rings. The number of esters is 1. The minimum absolute atomic E-state index is 0.361. The van der Waals surface area contributed by atoms with Crippen LogP contribution in [0.3, 0.4) is 0 Å². The first-order valence-electron chi connectivity index (χ1n) is 3.67. The molecule has 0 aromatic rings. The maximum atomic E-state index is 10.7. The number of hydrogen-bond donors (Lipinski definition) is 0. The molecule has 0 rings (SSSR count). The molecule has 0 saturated carbocycles. The normalized spacial score (nSPS) is 11.7. The van der Waals surface area contributed by atoms with Crippen molar-refractivity contribution < 1.29 is 14.3 Å². The zero-order chi connectivity index (χ0) is 9.40. The lowest BCUT2D eigenvalue weighted by atomic mass is 10.3. The van der Waals surface area contributed by atoms with E-state index in [0.29, 0.717) is 12.2 Å². The van der Waals surface area contributed by atoms with Gasteiger partial charge in [0.2, 0.25) is 0 Å². The molecule has 0 heterocycles. The van der Waals surface area contributed by atoms with Crippen molar-refractivity contribution in [2.75, 3.05) is 6.61 Å². The van der Waals surface area contributed by atoms with E-state index in [4.69, 9.17) is 0 Å². The van der Waals surface area contributed by atoms with E-state index in [-0.39, 0.29) is 0 Å². The van der Waals surface area contributed by atoms with Crippen LogP contribution < -0.4 is 0 Å². The van der Waals surface area contributed by atoms with E-state index in [1.807, 2.05) is 0 Å². The Bertz CT molecular complexity index is 214. The Morgan fingerprint density at radius 2 is 2.17 bits per heavy atom. The molecule has 3 heteroatoms. The minimum atomic E-state index is -0.396. The lowest BCUT2D eigenvalue weighted by Crippen LogP contribution is -1.98. The van der Waals surface area contributed by atoms with Crippen LogP contribution in [0.25, 0.3) is 0 Å². The molecule has 3 nitrogen and oxygen atoms in total. The molecule has 0 amide bonds. The Morgan fingerprint density at radius 3 is 2.67 bits per heavy atom. The Hall–Kier alpha value is -1.38. The van der Waals surface area contributed by atoms with Gasteiger partial charge in [0.1, 0.15) is 6.29 Å². The Balaban J connectivity index is 3.90. The molecule has 0 N–H and O–H groups in total. The molecule has 0 atom stereocenters. The van der Waals surface area contributed by atoms with Crippen molar-refractivity contribution in [3.63, 3.8) is 0 Å². The van der Waals surface area contributed by atoms with Crippen molar-refractivity contribution in [1.29, 1.82) is 0 Å². The van der Waals surface area contributed by atoms with Crippen LogP contribution in [0.4, 0.5) is 0 Å². The van der Waals surface area contributed by atoms with Gasteiger partial charge in [-0.15, -0.1) is 0 Å². The first-order valence-corrected chi connectivity index (χ1v) is 3.67. The number of allylic oxidation sites excluding steroid dienone is 3. The Morgan fingerprint density at radius 1 is 1.50 bits per heavy atom. The van der Waals surface area contributed by atoms with E-state index in [9.17, 15) is 9.59 Å². The first kappa shape index (κ1) is 10.6. The largest absolute Gasteiger partial charge is 0.463 e. The highest BCUT2D eigenvalue weighted by Crippen LogP contribution is 1.88. The van der Waals surface area contributed by atoms with Gasteiger partial charge in [-0.25, -0.2) is 4.79 Å². The number of hydrogen-bond acceptors (Lipinski definition) is 3. The van der Waals surface area contributed by atoms with E-state index >= 15 is 0 Å². The third-order valence-corrected chi connectivity index (χ3v) is 1.06. The van der Waals surface area contributed by atoms with Crippen LogP contribution >= 0.6 is 0 Å². The fourth-order valence-corrected chi connectivity index (χ4v) is 0.508. The molecule has 0 fully saturated rings. The van der Waals surface area contributed by atoms with Gasteiger partial charge in [-0.05, 0) is 19.4 Å². The predicted molar refractivity (Wildman–Crippen MR) is 45.6 cm³/mol. The van der Waals surface area contributed by atoms with Crippen LogP contribution in [0, 0.1) is 0 Å². The van der Waals surface area contributed by atoms with Crippen molar-refractivity contribution in [3.8, 4) is 0 Å². The fourth-order valence-electron chi connectivity index (χ4n) is 0.508. The molecule has 0 aromatic carbocycles. The van der Waals surface area contributed by atoms with E-state index < -0.39 is 5.97 Å². The molecule has 0 saturated heterocycles. The minimum Gasteiger partial charge on any atom is -0.463 e. The Kier molecular flexibility index (Phi) is 5.61. The number of ether oxygens (including phenoxy) is 1. The smallest absolute Gasteiger partial charge is 0.330 e. The summed E-state index contributed by atoms with van der Waals surface area (Å²) in [6.45, 7) is 3.75. The number of carbonyl (C=O) groups is 2. The third-order valence-electron chi connectivity index (χ3n) is 1.06. The van der Waals surface area contributed by atoms with Crippen molar-refractivity contribution in [2.24, 2.45) is 0 Å². The third kappa shape index (κ3) is 5.41. The molecular formula is C9H12O3. The topological polar surface area (TPSA) is 43.4 Å². The second-order valence-electron chi connectivity index (χ2n) is 2.14. The molecule has 0 aromatic heterocycles. The van der Waals surface area contributed by atoms with E-state index in [2.05, 4.69) is 4.74 Å². The van der Waals surface area contributed by atoms with Gasteiger partial charge in [0.25, 0.3) is 0 Å². The summed E-state index contributed by atoms with van der Waals surface area (Å²) in [7, 11) is 0. The standard InChI is InChI=1S/C9H12O3/c1-3-12-9(11)6-4-5-8(2)7-10/h4-7H,3H2,1-2H3/b6-4+,8-5-. The highest BCUT2D eigenvalue weighted by atomic mass is 16.5. The van der Waals surface area contributed by atoms with Crippen LogP contribution in [0.1, 0.15) is 13.8 Å². The summed E-state index contributed by atoms with van der Waals surface area (Å²) in [6.07, 6.45) is 5.03. The fraction of sp³-hybridized carbons (Fsp3) is 0.333. The van der Waals surface area contributed by atoms with Crippen molar-refractivity contribution in [1.82, 2.24) is 0 Å². The van der Waals surface area contributed by atoms with Crippen LogP contribution in [-0.2, 0) is 14.3 Å². The molecule has 0 bridgehead atoms. The van der Waals surface area contributed by atoms with Gasteiger partial charge in [0, 0.05) is 6.08 Å². The molecule has 12 heavy (non-hydrogen) atoms. The maximum Gasteiger partial charge on any atom is 0.330 e. The summed E-state index contributed by atoms with van der Waals surface area (Å²) >= 11 is 0. The van der Waals surface area contributed by atoms with Crippen LogP contribution in [-0.4, -0.2) is 18.9 Å². The highest BCUT2D eigenvalue weighted by molar-refractivity contribution is 5.82. The van der Waals surface area contributed by atoms with E-state index in [1.54, 1.807) is 19.9 Å². The van der Waals surface area contributed by atoms with Crippen LogP contribution in [0.15, 0.2) is 23.8 Å². The summed E-state index contributed by atoms with van der Waals surface area (Å²) < 4.78 is 4.61. The molecule has 0 aliphatic carbocycles. The molecular weight excluding hydrogens is 156 g/mol. The maximum absolute atomic E-state index is 10.7. The summed E-state index contributed by atoms with van der Waals surface area (Å²) in [5.74, 6) is -0.396. The zero-order valence-corrected chi connectivity index (χ0v) is 7.24. The van der Waals surface area contributed by atoms with Gasteiger partial charge in [0.15, 0.2) is 0 Å². The van der Waals surface area contributed by atoms with Crippen LogP contribution in [0.5, 0.6) is 0 Å². The summed E-state index contributed by atoms with van der Waals surface area (Å²) in [6, 6.07) is 0. The van der Waals surface area contributed by atoms with Crippen molar-refractivity contribution in [2.45, 2.75) is 13.8 Å². The average Bonchev–Trinajstić information content (AvgIpc) is 2.04. The van der Waals surface area contributed by atoms with Gasteiger partial charge in [-0.3, -0.25) is 4.79 Å². The van der Waals surface area contributed by atoms with Crippen molar-refractivity contribution >= 4 is 12.3 Å². The Labute approximate surface area is 71.7 Å². The average molecular weight is 168 g/mol. The zero-order valence-electron chi connectivity index (χ0n) is 7.24. The molecule has 0 radical (unpaired) electrons. The lowest BCUT2D eigenvalue weighted by Gasteiger charge is -1.92. The molecule has 0 spiro atoms. The van der Waals surface area contributed by atoms with E-state index in [0.717, 1.165) is 6.29 Å². The monoisotopic (exact) mass is 168 g/mol.